The van der Waals surface area contributed by atoms with Gasteiger partial charge in [0.1, 0.15) is 5.60 Å². The average Bonchev–Trinajstić information content (AvgIpc) is 3.05. The Labute approximate surface area is 128 Å². The summed E-state index contributed by atoms with van der Waals surface area (Å²) < 4.78 is 10.7. The van der Waals surface area contributed by atoms with Gasteiger partial charge < -0.3 is 14.8 Å². The molecule has 0 aliphatic carbocycles. The summed E-state index contributed by atoms with van der Waals surface area (Å²) in [6, 6.07) is 0. The molecule has 7 nitrogen and oxygen atoms in total. The number of rotatable bonds is 3. The van der Waals surface area contributed by atoms with E-state index in [1.807, 2.05) is 12.2 Å². The van der Waals surface area contributed by atoms with Gasteiger partial charge in [-0.3, -0.25) is 14.5 Å². The molecular formula is C15H20N2O5. The fourth-order valence-corrected chi connectivity index (χ4v) is 3.17. The minimum absolute atomic E-state index is 0.156. The predicted octanol–water partition coefficient (Wildman–Crippen LogP) is 0.449. The highest BCUT2D eigenvalue weighted by Gasteiger charge is 2.60. The zero-order valence-corrected chi connectivity index (χ0v) is 12.9. The molecule has 22 heavy (non-hydrogen) atoms. The molecule has 4 atom stereocenters. The molecule has 0 radical (unpaired) electrons. The van der Waals surface area contributed by atoms with Crippen LogP contribution in [0.25, 0.3) is 0 Å². The van der Waals surface area contributed by atoms with Crippen LogP contribution < -0.4 is 5.32 Å². The minimum atomic E-state index is -0.581. The number of nitrogens with zero attached hydrogens (tertiary/aromatic N) is 1. The maximum Gasteiger partial charge on any atom is 0.407 e. The summed E-state index contributed by atoms with van der Waals surface area (Å²) in [6.07, 6.45) is 2.57. The summed E-state index contributed by atoms with van der Waals surface area (Å²) in [5.74, 6) is -1.22. The van der Waals surface area contributed by atoms with Crippen LogP contribution in [0.15, 0.2) is 12.2 Å². The van der Waals surface area contributed by atoms with Gasteiger partial charge in [0.25, 0.3) is 0 Å². The molecule has 0 saturated carbocycles. The molecule has 2 saturated heterocycles. The lowest BCUT2D eigenvalue weighted by molar-refractivity contribution is -0.142. The van der Waals surface area contributed by atoms with Crippen molar-refractivity contribution in [1.29, 1.82) is 0 Å². The topological polar surface area (TPSA) is 84.9 Å². The molecule has 3 amide bonds. The van der Waals surface area contributed by atoms with Gasteiger partial charge in [0.15, 0.2) is 0 Å². The van der Waals surface area contributed by atoms with Crippen molar-refractivity contribution in [1.82, 2.24) is 10.2 Å². The molecule has 3 heterocycles. The highest BCUT2D eigenvalue weighted by atomic mass is 16.6. The lowest BCUT2D eigenvalue weighted by Gasteiger charge is -2.21. The molecular weight excluding hydrogens is 288 g/mol. The van der Waals surface area contributed by atoms with Crippen LogP contribution in [0.5, 0.6) is 0 Å². The molecule has 3 rings (SSSR count). The first kappa shape index (κ1) is 15.0. The molecule has 3 aliphatic rings. The van der Waals surface area contributed by atoms with E-state index in [4.69, 9.17) is 9.47 Å². The Morgan fingerprint density at radius 1 is 1.23 bits per heavy atom. The summed E-state index contributed by atoms with van der Waals surface area (Å²) in [5, 5.41) is 2.56. The van der Waals surface area contributed by atoms with E-state index in [9.17, 15) is 14.4 Å². The predicted molar refractivity (Wildman–Crippen MR) is 75.7 cm³/mol. The monoisotopic (exact) mass is 308 g/mol. The zero-order valence-electron chi connectivity index (χ0n) is 12.9. The number of hydrogen-bond donors (Lipinski definition) is 1. The van der Waals surface area contributed by atoms with Crippen molar-refractivity contribution in [3.05, 3.63) is 12.2 Å². The molecule has 0 aromatic carbocycles. The Hall–Kier alpha value is -1.89. The number of fused-ring (bicyclic) bond motifs is 5. The molecule has 4 unspecified atom stereocenters. The summed E-state index contributed by atoms with van der Waals surface area (Å²) in [7, 11) is 0. The third-order valence-corrected chi connectivity index (χ3v) is 4.01. The Kier molecular flexibility index (Phi) is 3.47. The van der Waals surface area contributed by atoms with Crippen molar-refractivity contribution in [3.63, 3.8) is 0 Å². The summed E-state index contributed by atoms with van der Waals surface area (Å²) in [6.45, 7) is 5.64. The molecule has 0 spiro atoms. The van der Waals surface area contributed by atoms with Crippen LogP contribution in [0.1, 0.15) is 20.8 Å². The number of hydrogen-bond acceptors (Lipinski definition) is 5. The van der Waals surface area contributed by atoms with Gasteiger partial charge in [0, 0.05) is 13.1 Å². The third-order valence-electron chi connectivity index (χ3n) is 4.01. The average molecular weight is 308 g/mol. The molecule has 2 fully saturated rings. The van der Waals surface area contributed by atoms with Crippen molar-refractivity contribution in [2.75, 3.05) is 13.1 Å². The Morgan fingerprint density at radius 2 is 1.77 bits per heavy atom. The van der Waals surface area contributed by atoms with E-state index in [0.717, 1.165) is 0 Å². The fourth-order valence-electron chi connectivity index (χ4n) is 3.17. The van der Waals surface area contributed by atoms with E-state index in [-0.39, 0.29) is 37.1 Å². The van der Waals surface area contributed by atoms with Gasteiger partial charge in [-0.25, -0.2) is 4.79 Å². The van der Waals surface area contributed by atoms with Crippen molar-refractivity contribution in [2.24, 2.45) is 11.8 Å². The van der Waals surface area contributed by atoms with Crippen LogP contribution in [-0.4, -0.2) is 53.7 Å². The summed E-state index contributed by atoms with van der Waals surface area (Å²) >= 11 is 0. The number of likely N-dealkylation sites (tertiary alicyclic amines) is 1. The smallest absolute Gasteiger partial charge is 0.407 e. The van der Waals surface area contributed by atoms with Crippen molar-refractivity contribution >= 4 is 17.9 Å². The molecule has 1 N–H and O–H groups in total. The van der Waals surface area contributed by atoms with Crippen molar-refractivity contribution in [2.45, 2.75) is 38.6 Å². The van der Waals surface area contributed by atoms with E-state index in [2.05, 4.69) is 5.32 Å². The van der Waals surface area contributed by atoms with E-state index >= 15 is 0 Å². The summed E-state index contributed by atoms with van der Waals surface area (Å²) in [4.78, 5) is 37.5. The molecule has 120 valence electrons. The van der Waals surface area contributed by atoms with Crippen LogP contribution in [-0.2, 0) is 19.1 Å². The van der Waals surface area contributed by atoms with Gasteiger partial charge in [-0.15, -0.1) is 0 Å². The van der Waals surface area contributed by atoms with Crippen LogP contribution in [0, 0.1) is 11.8 Å². The van der Waals surface area contributed by atoms with Gasteiger partial charge in [-0.1, -0.05) is 12.2 Å². The number of carbonyl (C=O) groups excluding carboxylic acids is 3. The van der Waals surface area contributed by atoms with Crippen LogP contribution in [0.4, 0.5) is 4.79 Å². The fraction of sp³-hybridized carbons (Fsp3) is 0.667. The highest BCUT2D eigenvalue weighted by Crippen LogP contribution is 2.44. The highest BCUT2D eigenvalue weighted by molar-refractivity contribution is 6.06. The standard InChI is InChI=1S/C15H20N2O5/c1-15(2,3)22-14(20)16-6-7-17-12(18)10-8-4-5-9(21-8)11(10)13(17)19/h4-5,8-11H,6-7H2,1-3H3,(H,16,20). The number of amides is 3. The SMILES string of the molecule is CC(C)(C)OC(=O)NCCN1C(=O)C2C3C=CC(O3)C2C1=O. The third kappa shape index (κ3) is 2.49. The van der Waals surface area contributed by atoms with E-state index in [1.54, 1.807) is 20.8 Å². The Morgan fingerprint density at radius 3 is 2.27 bits per heavy atom. The number of imide groups is 1. The van der Waals surface area contributed by atoms with Gasteiger partial charge in [-0.05, 0) is 20.8 Å². The molecule has 7 heteroatoms. The van der Waals surface area contributed by atoms with Crippen LogP contribution >= 0.6 is 0 Å². The number of carbonyl (C=O) groups is 3. The molecule has 2 bridgehead atoms. The van der Waals surface area contributed by atoms with E-state index in [0.29, 0.717) is 0 Å². The van der Waals surface area contributed by atoms with E-state index < -0.39 is 23.5 Å². The van der Waals surface area contributed by atoms with Crippen LogP contribution in [0.2, 0.25) is 0 Å². The Balaban J connectivity index is 1.53. The quantitative estimate of drug-likeness (QED) is 0.604. The first-order valence-electron chi connectivity index (χ1n) is 7.44. The number of alkyl carbamates (subject to hydrolysis) is 1. The maximum absolute atomic E-state index is 12.3. The number of nitrogens with one attached hydrogen (secondary N) is 1. The summed E-state index contributed by atoms with van der Waals surface area (Å²) in [5.41, 5.74) is -0.581. The van der Waals surface area contributed by atoms with Gasteiger partial charge in [0.2, 0.25) is 11.8 Å². The van der Waals surface area contributed by atoms with Gasteiger partial charge >= 0.3 is 6.09 Å². The molecule has 0 aromatic rings. The largest absolute Gasteiger partial charge is 0.444 e. The maximum atomic E-state index is 12.3. The first-order chi connectivity index (χ1) is 10.3. The lowest BCUT2D eigenvalue weighted by Crippen LogP contribution is -2.41. The van der Waals surface area contributed by atoms with Gasteiger partial charge in [-0.2, -0.15) is 0 Å². The number of ether oxygens (including phenoxy) is 2. The van der Waals surface area contributed by atoms with Gasteiger partial charge in [0.05, 0.1) is 24.0 Å². The van der Waals surface area contributed by atoms with Crippen LogP contribution in [0.3, 0.4) is 0 Å². The Bertz CT molecular complexity index is 521. The second-order valence-electron chi connectivity index (χ2n) is 6.76. The minimum Gasteiger partial charge on any atom is -0.444 e. The molecule has 0 aromatic heterocycles. The second-order valence-corrected chi connectivity index (χ2v) is 6.76. The van der Waals surface area contributed by atoms with Crippen molar-refractivity contribution in [3.8, 4) is 0 Å². The van der Waals surface area contributed by atoms with Crippen molar-refractivity contribution < 1.29 is 23.9 Å². The lowest BCUT2D eigenvalue weighted by atomic mass is 9.85. The molecule has 3 aliphatic heterocycles. The zero-order chi connectivity index (χ0) is 16.1. The second kappa shape index (κ2) is 5.08. The first-order valence-corrected chi connectivity index (χ1v) is 7.44. The normalized spacial score (nSPS) is 32.6. The van der Waals surface area contributed by atoms with E-state index in [1.165, 1.54) is 4.90 Å².